The summed E-state index contributed by atoms with van der Waals surface area (Å²) in [5.41, 5.74) is 0.922. The molecule has 1 aromatic rings. The van der Waals surface area contributed by atoms with Gasteiger partial charge in [-0.15, -0.1) is 0 Å². The zero-order valence-corrected chi connectivity index (χ0v) is 12.3. The Labute approximate surface area is 128 Å². The summed E-state index contributed by atoms with van der Waals surface area (Å²) in [4.78, 5) is 0. The van der Waals surface area contributed by atoms with Crippen LogP contribution in [0.1, 0.15) is 25.2 Å². The maximum absolute atomic E-state index is 10.6. The van der Waals surface area contributed by atoms with Gasteiger partial charge in [-0.3, -0.25) is 0 Å². The van der Waals surface area contributed by atoms with Crippen LogP contribution in [0.25, 0.3) is 0 Å². The van der Waals surface area contributed by atoms with Gasteiger partial charge < -0.3 is 28.8 Å². The van der Waals surface area contributed by atoms with Crippen molar-refractivity contribution in [3.63, 3.8) is 0 Å². The minimum atomic E-state index is -0.796. The Balaban J connectivity index is 1.50. The molecule has 0 bridgehead atoms. The Morgan fingerprint density at radius 1 is 1.05 bits per heavy atom. The van der Waals surface area contributed by atoms with E-state index in [0.717, 1.165) is 5.56 Å². The number of benzene rings is 1. The second-order valence-electron chi connectivity index (χ2n) is 5.78. The van der Waals surface area contributed by atoms with Crippen LogP contribution in [0.3, 0.4) is 0 Å². The van der Waals surface area contributed by atoms with Gasteiger partial charge in [-0.05, 0) is 6.42 Å². The van der Waals surface area contributed by atoms with E-state index in [2.05, 4.69) is 0 Å². The third-order valence-corrected chi connectivity index (χ3v) is 4.31. The number of fused-ring (bicyclic) bond motifs is 2. The third kappa shape index (κ3) is 2.46. The molecule has 0 radical (unpaired) electrons. The Hall–Kier alpha value is -1.02. The molecule has 4 rings (SSSR count). The van der Waals surface area contributed by atoms with Crippen LogP contribution in [0.15, 0.2) is 30.3 Å². The Morgan fingerprint density at radius 3 is 2.64 bits per heavy atom. The van der Waals surface area contributed by atoms with Gasteiger partial charge in [-0.1, -0.05) is 37.3 Å². The van der Waals surface area contributed by atoms with Crippen molar-refractivity contribution in [1.29, 1.82) is 0 Å². The monoisotopic (exact) mass is 308 g/mol. The van der Waals surface area contributed by atoms with E-state index in [9.17, 15) is 5.11 Å². The fourth-order valence-corrected chi connectivity index (χ4v) is 3.15. The minimum Gasteiger partial charge on any atom is -0.387 e. The van der Waals surface area contributed by atoms with Crippen LogP contribution >= 0.6 is 0 Å². The van der Waals surface area contributed by atoms with Crippen molar-refractivity contribution in [2.45, 2.75) is 56.6 Å². The van der Waals surface area contributed by atoms with Crippen molar-refractivity contribution >= 4 is 0 Å². The lowest BCUT2D eigenvalue weighted by molar-refractivity contribution is -0.338. The van der Waals surface area contributed by atoms with E-state index in [0.29, 0.717) is 13.0 Å². The Morgan fingerprint density at radius 2 is 1.86 bits per heavy atom. The van der Waals surface area contributed by atoms with E-state index in [4.69, 9.17) is 23.7 Å². The van der Waals surface area contributed by atoms with Crippen molar-refractivity contribution in [3.05, 3.63) is 35.9 Å². The fraction of sp³-hybridized carbons (Fsp3) is 0.625. The van der Waals surface area contributed by atoms with Crippen molar-refractivity contribution < 1.29 is 28.8 Å². The largest absolute Gasteiger partial charge is 0.387 e. The van der Waals surface area contributed by atoms with Gasteiger partial charge in [0.1, 0.15) is 24.4 Å². The molecule has 3 aliphatic heterocycles. The lowest BCUT2D eigenvalue weighted by Crippen LogP contribution is -2.60. The summed E-state index contributed by atoms with van der Waals surface area (Å²) < 4.78 is 28.8. The third-order valence-electron chi connectivity index (χ3n) is 4.31. The van der Waals surface area contributed by atoms with Gasteiger partial charge in [-0.25, -0.2) is 0 Å². The highest BCUT2D eigenvalue weighted by molar-refractivity contribution is 5.16. The zero-order valence-electron chi connectivity index (χ0n) is 12.3. The second kappa shape index (κ2) is 5.88. The molecule has 3 aliphatic rings. The first kappa shape index (κ1) is 14.6. The lowest BCUT2D eigenvalue weighted by Gasteiger charge is -2.44. The van der Waals surface area contributed by atoms with Gasteiger partial charge >= 0.3 is 0 Å². The number of rotatable bonds is 2. The van der Waals surface area contributed by atoms with Gasteiger partial charge in [0.15, 0.2) is 18.9 Å². The molecule has 3 fully saturated rings. The van der Waals surface area contributed by atoms with Gasteiger partial charge in [0.05, 0.1) is 6.61 Å². The van der Waals surface area contributed by atoms with Crippen molar-refractivity contribution in [2.75, 3.05) is 6.61 Å². The molecular formula is C16H20O6. The van der Waals surface area contributed by atoms with Crippen molar-refractivity contribution in [3.8, 4) is 0 Å². The number of hydrogen-bond acceptors (Lipinski definition) is 6. The second-order valence-corrected chi connectivity index (χ2v) is 5.78. The van der Waals surface area contributed by atoms with Crippen LogP contribution < -0.4 is 0 Å². The van der Waals surface area contributed by atoms with Crippen LogP contribution in [0, 0.1) is 0 Å². The van der Waals surface area contributed by atoms with E-state index in [-0.39, 0.29) is 12.4 Å². The molecule has 0 unspecified atom stereocenters. The van der Waals surface area contributed by atoms with E-state index < -0.39 is 30.9 Å². The van der Waals surface area contributed by atoms with Gasteiger partial charge in [0, 0.05) is 5.56 Å². The standard InChI is InChI=1S/C16H20O6/c1-2-11-20-14-12(17)13-10(19-16(14)21-11)8-18-15(22-13)9-6-4-3-5-7-9/h3-7,10-17H,2,8H2,1H3/t10-,11-,12+,13-,14-,15-,16-/m1/s1. The van der Waals surface area contributed by atoms with Crippen LogP contribution in [0.4, 0.5) is 0 Å². The van der Waals surface area contributed by atoms with Gasteiger partial charge in [0.2, 0.25) is 0 Å². The molecule has 0 amide bonds. The van der Waals surface area contributed by atoms with Crippen LogP contribution in [-0.2, 0) is 23.7 Å². The highest BCUT2D eigenvalue weighted by Crippen LogP contribution is 2.38. The number of aliphatic hydroxyl groups excluding tert-OH is 1. The molecule has 3 saturated heterocycles. The molecule has 7 atom stereocenters. The smallest absolute Gasteiger partial charge is 0.190 e. The summed E-state index contributed by atoms with van der Waals surface area (Å²) in [5.74, 6) is 0. The van der Waals surface area contributed by atoms with E-state index >= 15 is 0 Å². The minimum absolute atomic E-state index is 0.337. The Kier molecular flexibility index (Phi) is 3.89. The molecule has 6 heteroatoms. The highest BCUT2D eigenvalue weighted by atomic mass is 16.8. The van der Waals surface area contributed by atoms with Gasteiger partial charge in [-0.2, -0.15) is 0 Å². The maximum Gasteiger partial charge on any atom is 0.190 e. The fourth-order valence-electron chi connectivity index (χ4n) is 3.15. The number of ether oxygens (including phenoxy) is 5. The molecule has 0 aliphatic carbocycles. The van der Waals surface area contributed by atoms with E-state index in [1.807, 2.05) is 37.3 Å². The van der Waals surface area contributed by atoms with Crippen molar-refractivity contribution in [2.24, 2.45) is 0 Å². The highest BCUT2D eigenvalue weighted by Gasteiger charge is 2.54. The molecule has 1 aromatic carbocycles. The predicted molar refractivity (Wildman–Crippen MR) is 74.7 cm³/mol. The average molecular weight is 308 g/mol. The molecule has 0 aromatic heterocycles. The first-order valence-electron chi connectivity index (χ1n) is 7.72. The number of aliphatic hydroxyl groups is 1. The van der Waals surface area contributed by atoms with Crippen LogP contribution in [-0.4, -0.2) is 48.7 Å². The van der Waals surface area contributed by atoms with Crippen molar-refractivity contribution in [1.82, 2.24) is 0 Å². The normalized spacial score (nSPS) is 44.4. The predicted octanol–water partition coefficient (Wildman–Crippen LogP) is 1.34. The first-order chi connectivity index (χ1) is 10.8. The molecule has 1 N–H and O–H groups in total. The summed E-state index contributed by atoms with van der Waals surface area (Å²) in [6.07, 6.45) is -2.83. The summed E-state index contributed by atoms with van der Waals surface area (Å²) >= 11 is 0. The summed E-state index contributed by atoms with van der Waals surface area (Å²) in [6, 6.07) is 9.67. The molecule has 0 saturated carbocycles. The van der Waals surface area contributed by atoms with Gasteiger partial charge in [0.25, 0.3) is 0 Å². The number of hydrogen-bond donors (Lipinski definition) is 1. The Bertz CT molecular complexity index is 509. The molecule has 0 spiro atoms. The summed E-state index contributed by atoms with van der Waals surface area (Å²) in [5, 5.41) is 10.6. The zero-order chi connectivity index (χ0) is 15.1. The molecular weight excluding hydrogens is 288 g/mol. The van der Waals surface area contributed by atoms with Crippen LogP contribution in [0.2, 0.25) is 0 Å². The van der Waals surface area contributed by atoms with E-state index in [1.54, 1.807) is 0 Å². The maximum atomic E-state index is 10.6. The molecule has 3 heterocycles. The first-order valence-corrected chi connectivity index (χ1v) is 7.72. The lowest BCUT2D eigenvalue weighted by atomic mass is 9.98. The van der Waals surface area contributed by atoms with E-state index in [1.165, 1.54) is 0 Å². The van der Waals surface area contributed by atoms with Crippen LogP contribution in [0.5, 0.6) is 0 Å². The topological polar surface area (TPSA) is 66.4 Å². The molecule has 22 heavy (non-hydrogen) atoms. The summed E-state index contributed by atoms with van der Waals surface area (Å²) in [7, 11) is 0. The quantitative estimate of drug-likeness (QED) is 0.889. The SMILES string of the molecule is CC[C@H]1O[C@H]2O[C@@H]3CO[C@@H](c4ccccc4)O[C@H]3[C@H](O)[C@H]2O1. The molecule has 6 nitrogen and oxygen atoms in total. The summed E-state index contributed by atoms with van der Waals surface area (Å²) in [6.45, 7) is 2.32. The molecule has 120 valence electrons. The average Bonchev–Trinajstić information content (AvgIpc) is 2.99.